The van der Waals surface area contributed by atoms with Gasteiger partial charge in [-0.15, -0.1) is 0 Å². The average molecular weight is 260 g/mol. The smallest absolute Gasteiger partial charge is 0.275 e. The van der Waals surface area contributed by atoms with E-state index < -0.39 is 12.2 Å². The van der Waals surface area contributed by atoms with Gasteiger partial charge in [0, 0.05) is 6.07 Å². The van der Waals surface area contributed by atoms with Crippen molar-refractivity contribution in [2.24, 2.45) is 0 Å². The highest BCUT2D eigenvalue weighted by Crippen LogP contribution is 2.20. The van der Waals surface area contributed by atoms with Crippen LogP contribution in [0, 0.1) is 20.8 Å². The van der Waals surface area contributed by atoms with Crippen molar-refractivity contribution in [2.45, 2.75) is 27.4 Å². The van der Waals surface area contributed by atoms with Gasteiger partial charge >= 0.3 is 0 Å². The maximum Gasteiger partial charge on any atom is 0.275 e. The van der Waals surface area contributed by atoms with Gasteiger partial charge in [-0.25, -0.2) is 0 Å². The minimum absolute atomic E-state index is 0.0824. The molecule has 5 nitrogen and oxygen atoms in total. The average Bonchev–Trinajstić information content (AvgIpc) is 2.30. The SMILES string of the molecule is Cc1cc(C)c(-n2nc(CO)c(O)cc2=O)c(C)c1. The molecule has 2 aromatic rings. The predicted octanol–water partition coefficient (Wildman–Crippen LogP) is 1.36. The number of hydrogen-bond donors (Lipinski definition) is 2. The predicted molar refractivity (Wildman–Crippen MR) is 71.6 cm³/mol. The summed E-state index contributed by atoms with van der Waals surface area (Å²) in [6.45, 7) is 5.36. The van der Waals surface area contributed by atoms with E-state index in [-0.39, 0.29) is 11.4 Å². The zero-order valence-electron chi connectivity index (χ0n) is 11.1. The van der Waals surface area contributed by atoms with Crippen LogP contribution < -0.4 is 5.56 Å². The first-order chi connectivity index (χ1) is 8.93. The van der Waals surface area contributed by atoms with Crippen molar-refractivity contribution < 1.29 is 10.2 Å². The Kier molecular flexibility index (Phi) is 3.40. The second-order valence-electron chi connectivity index (χ2n) is 4.63. The van der Waals surface area contributed by atoms with Crippen molar-refractivity contribution in [3.05, 3.63) is 50.9 Å². The molecule has 1 aromatic heterocycles. The molecular weight excluding hydrogens is 244 g/mol. The molecule has 2 rings (SSSR count). The molecule has 0 unspecified atom stereocenters. The molecule has 0 amide bonds. The summed E-state index contributed by atoms with van der Waals surface area (Å²) >= 11 is 0. The van der Waals surface area contributed by atoms with E-state index in [1.807, 2.05) is 32.9 Å². The Morgan fingerprint density at radius 1 is 1.16 bits per heavy atom. The van der Waals surface area contributed by atoms with E-state index >= 15 is 0 Å². The van der Waals surface area contributed by atoms with Crippen LogP contribution in [0.15, 0.2) is 23.0 Å². The zero-order valence-corrected chi connectivity index (χ0v) is 11.1. The van der Waals surface area contributed by atoms with Gasteiger partial charge in [-0.3, -0.25) is 4.79 Å². The van der Waals surface area contributed by atoms with Crippen LogP contribution in [-0.4, -0.2) is 20.0 Å². The number of hydrogen-bond acceptors (Lipinski definition) is 4. The molecule has 0 aliphatic carbocycles. The zero-order chi connectivity index (χ0) is 14.2. The third-order valence-corrected chi connectivity index (χ3v) is 2.98. The summed E-state index contributed by atoms with van der Waals surface area (Å²) in [5, 5.41) is 22.7. The van der Waals surface area contributed by atoms with Crippen molar-refractivity contribution in [1.82, 2.24) is 9.78 Å². The highest BCUT2D eigenvalue weighted by Gasteiger charge is 2.12. The maximum atomic E-state index is 12.0. The Morgan fingerprint density at radius 3 is 2.26 bits per heavy atom. The Balaban J connectivity index is 2.76. The van der Waals surface area contributed by atoms with Gasteiger partial charge in [-0.05, 0) is 31.9 Å². The molecule has 1 aromatic carbocycles. The molecular formula is C14H16N2O3. The van der Waals surface area contributed by atoms with E-state index in [2.05, 4.69) is 5.10 Å². The fraction of sp³-hybridized carbons (Fsp3) is 0.286. The standard InChI is InChI=1S/C14H16N2O3/c1-8-4-9(2)14(10(3)5-8)16-13(19)6-12(18)11(7-17)15-16/h4-6,17-18H,7H2,1-3H3. The van der Waals surface area contributed by atoms with Crippen LogP contribution in [0.2, 0.25) is 0 Å². The van der Waals surface area contributed by atoms with Crippen molar-refractivity contribution >= 4 is 0 Å². The molecule has 100 valence electrons. The van der Waals surface area contributed by atoms with E-state index in [9.17, 15) is 9.90 Å². The molecule has 0 aliphatic rings. The molecule has 0 aliphatic heterocycles. The van der Waals surface area contributed by atoms with Gasteiger partial charge in [0.1, 0.15) is 11.4 Å². The maximum absolute atomic E-state index is 12.0. The quantitative estimate of drug-likeness (QED) is 0.854. The summed E-state index contributed by atoms with van der Waals surface area (Å²) in [7, 11) is 0. The Morgan fingerprint density at radius 2 is 1.74 bits per heavy atom. The van der Waals surface area contributed by atoms with Crippen LogP contribution in [-0.2, 0) is 6.61 Å². The number of rotatable bonds is 2. The number of nitrogens with zero attached hydrogens (tertiary/aromatic N) is 2. The van der Waals surface area contributed by atoms with Crippen LogP contribution >= 0.6 is 0 Å². The second kappa shape index (κ2) is 4.85. The third-order valence-electron chi connectivity index (χ3n) is 2.98. The van der Waals surface area contributed by atoms with Crippen LogP contribution in [0.25, 0.3) is 5.69 Å². The van der Waals surface area contributed by atoms with E-state index in [4.69, 9.17) is 5.11 Å². The van der Waals surface area contributed by atoms with Crippen molar-refractivity contribution in [3.63, 3.8) is 0 Å². The van der Waals surface area contributed by atoms with Crippen LogP contribution in [0.1, 0.15) is 22.4 Å². The molecule has 1 heterocycles. The fourth-order valence-electron chi connectivity index (χ4n) is 2.26. The summed E-state index contributed by atoms with van der Waals surface area (Å²) in [6, 6.07) is 4.99. The van der Waals surface area contributed by atoms with Gasteiger partial charge in [0.05, 0.1) is 12.3 Å². The number of aliphatic hydroxyl groups excluding tert-OH is 1. The summed E-state index contributed by atoms with van der Waals surface area (Å²) in [6.07, 6.45) is 0. The van der Waals surface area contributed by atoms with Crippen LogP contribution in [0.5, 0.6) is 5.75 Å². The summed E-state index contributed by atoms with van der Waals surface area (Å²) < 4.78 is 1.22. The van der Waals surface area contributed by atoms with Crippen LogP contribution in [0.4, 0.5) is 0 Å². The largest absolute Gasteiger partial charge is 0.506 e. The number of aryl methyl sites for hydroxylation is 3. The minimum Gasteiger partial charge on any atom is -0.506 e. The lowest BCUT2D eigenvalue weighted by molar-refractivity contribution is 0.266. The fourth-order valence-corrected chi connectivity index (χ4v) is 2.26. The first-order valence-corrected chi connectivity index (χ1v) is 5.95. The third kappa shape index (κ3) is 2.37. The van der Waals surface area contributed by atoms with Crippen molar-refractivity contribution in [3.8, 4) is 11.4 Å². The molecule has 0 saturated heterocycles. The van der Waals surface area contributed by atoms with Gasteiger partial charge < -0.3 is 10.2 Å². The molecule has 2 N–H and O–H groups in total. The summed E-state index contributed by atoms with van der Waals surface area (Å²) in [5.74, 6) is -0.286. The van der Waals surface area contributed by atoms with Gasteiger partial charge in [0.25, 0.3) is 5.56 Å². The lowest BCUT2D eigenvalue weighted by Gasteiger charge is -2.13. The topological polar surface area (TPSA) is 75.3 Å². The molecule has 0 spiro atoms. The number of benzene rings is 1. The van der Waals surface area contributed by atoms with E-state index in [0.29, 0.717) is 5.69 Å². The number of aromatic nitrogens is 2. The van der Waals surface area contributed by atoms with Gasteiger partial charge in [-0.1, -0.05) is 17.7 Å². The minimum atomic E-state index is -0.426. The van der Waals surface area contributed by atoms with Gasteiger partial charge in [0.2, 0.25) is 0 Å². The molecule has 5 heteroatoms. The second-order valence-corrected chi connectivity index (χ2v) is 4.63. The molecule has 0 radical (unpaired) electrons. The van der Waals surface area contributed by atoms with Gasteiger partial charge in [0.15, 0.2) is 0 Å². The first kappa shape index (κ1) is 13.3. The summed E-state index contributed by atoms with van der Waals surface area (Å²) in [4.78, 5) is 12.0. The van der Waals surface area contributed by atoms with Crippen molar-refractivity contribution in [2.75, 3.05) is 0 Å². The molecule has 19 heavy (non-hydrogen) atoms. The first-order valence-electron chi connectivity index (χ1n) is 5.95. The van der Waals surface area contributed by atoms with E-state index in [0.717, 1.165) is 22.8 Å². The highest BCUT2D eigenvalue weighted by molar-refractivity contribution is 5.48. The highest BCUT2D eigenvalue weighted by atomic mass is 16.3. The van der Waals surface area contributed by atoms with E-state index in [1.165, 1.54) is 4.68 Å². The molecule has 0 bridgehead atoms. The Bertz CT molecular complexity index is 667. The molecule has 0 saturated carbocycles. The van der Waals surface area contributed by atoms with Crippen LogP contribution in [0.3, 0.4) is 0 Å². The number of aromatic hydroxyl groups is 1. The monoisotopic (exact) mass is 260 g/mol. The van der Waals surface area contributed by atoms with E-state index in [1.54, 1.807) is 0 Å². The molecule has 0 atom stereocenters. The normalized spacial score (nSPS) is 10.7. The Hall–Kier alpha value is -2.14. The lowest BCUT2D eigenvalue weighted by atomic mass is 10.1. The number of aliphatic hydroxyl groups is 1. The van der Waals surface area contributed by atoms with Gasteiger partial charge in [-0.2, -0.15) is 9.78 Å². The lowest BCUT2D eigenvalue weighted by Crippen LogP contribution is -2.23. The Labute approximate surface area is 110 Å². The summed E-state index contributed by atoms with van der Waals surface area (Å²) in [5.41, 5.74) is 3.28. The molecule has 0 fully saturated rings. The van der Waals surface area contributed by atoms with Crippen molar-refractivity contribution in [1.29, 1.82) is 0 Å².